The average Bonchev–Trinajstić information content (AvgIpc) is 4.10. The summed E-state index contributed by atoms with van der Waals surface area (Å²) >= 11 is 1.42. The van der Waals surface area contributed by atoms with Gasteiger partial charge in [-0.25, -0.2) is 0 Å². The molecule has 3 aliphatic rings. The minimum Gasteiger partial charge on any atom is -0.344 e. The van der Waals surface area contributed by atoms with Crippen molar-refractivity contribution in [3.63, 3.8) is 0 Å². The minimum absolute atomic E-state index is 0.203. The van der Waals surface area contributed by atoms with E-state index in [1.807, 2.05) is 42.5 Å². The van der Waals surface area contributed by atoms with Gasteiger partial charge in [0.05, 0.1) is 32.4 Å². The van der Waals surface area contributed by atoms with Crippen LogP contribution in [-0.4, -0.2) is 107 Å². The molecule has 0 atom stereocenters. The highest BCUT2D eigenvalue weighted by Gasteiger charge is 2.46. The Labute approximate surface area is 446 Å². The summed E-state index contributed by atoms with van der Waals surface area (Å²) in [5.74, 6) is -0.799. The molecular weight excluding hydrogens is 1070 g/mol. The number of para-hydroxylation sites is 1. The number of aromatic nitrogens is 4. The maximum absolute atomic E-state index is 12.2. The second-order valence-electron chi connectivity index (χ2n) is 20.2. The van der Waals surface area contributed by atoms with E-state index >= 15 is 0 Å². The van der Waals surface area contributed by atoms with Gasteiger partial charge < -0.3 is 4.90 Å². The van der Waals surface area contributed by atoms with Gasteiger partial charge in [-0.05, 0) is 167 Å². The van der Waals surface area contributed by atoms with Gasteiger partial charge >= 0.3 is 0 Å². The van der Waals surface area contributed by atoms with Crippen LogP contribution in [-0.2, 0) is 51.3 Å². The van der Waals surface area contributed by atoms with E-state index in [2.05, 4.69) is 77.0 Å². The van der Waals surface area contributed by atoms with E-state index in [-0.39, 0.29) is 22.6 Å². The molecule has 0 spiro atoms. The number of unbranched alkanes of at least 4 members (excludes halogenated alkanes) is 2. The Morgan fingerprint density at radius 2 is 1.29 bits per heavy atom. The van der Waals surface area contributed by atoms with Gasteiger partial charge in [0.25, 0.3) is 40.5 Å². The average molecular weight is 1130 g/mol. The van der Waals surface area contributed by atoms with E-state index in [4.69, 9.17) is 0 Å². The van der Waals surface area contributed by atoms with Crippen molar-refractivity contribution >= 4 is 90.9 Å². The molecule has 0 bridgehead atoms. The maximum atomic E-state index is 12.2. The fraction of sp³-hybridized carbons (Fsp3) is 0.321. The first-order chi connectivity index (χ1) is 35.7. The fourth-order valence-electron chi connectivity index (χ4n) is 10.8. The van der Waals surface area contributed by atoms with E-state index in [9.17, 15) is 51.9 Å². The minimum atomic E-state index is -4.48. The molecule has 18 nitrogen and oxygen atoms in total. The molecule has 0 saturated heterocycles. The number of benzene rings is 5. The van der Waals surface area contributed by atoms with Gasteiger partial charge in [0, 0.05) is 52.4 Å². The number of tetrazole rings is 1. The highest BCUT2D eigenvalue weighted by atomic mass is 32.2. The largest absolute Gasteiger partial charge is 0.344 e. The number of rotatable bonds is 18. The summed E-state index contributed by atoms with van der Waals surface area (Å²) < 4.78 is 139. The molecule has 5 aromatic carbocycles. The molecule has 0 amide bonds. The Balaban J connectivity index is 1.18. The summed E-state index contributed by atoms with van der Waals surface area (Å²) in [7, 11) is -17.4. The van der Waals surface area contributed by atoms with Crippen LogP contribution < -0.4 is 4.90 Å². The molecule has 9 rings (SSSR count). The molecule has 400 valence electrons. The highest BCUT2D eigenvalue weighted by Crippen LogP contribution is 2.52. The van der Waals surface area contributed by atoms with Crippen LogP contribution in [0.15, 0.2) is 152 Å². The summed E-state index contributed by atoms with van der Waals surface area (Å²) in [6.45, 7) is 9.08. The summed E-state index contributed by atoms with van der Waals surface area (Å²) in [6.07, 6.45) is 11.7. The van der Waals surface area contributed by atoms with Gasteiger partial charge in [-0.3, -0.25) is 18.2 Å². The van der Waals surface area contributed by atoms with Crippen molar-refractivity contribution in [1.29, 1.82) is 0 Å². The summed E-state index contributed by atoms with van der Waals surface area (Å²) in [5.41, 5.74) is 6.62. The lowest BCUT2D eigenvalue weighted by Gasteiger charge is -2.27. The van der Waals surface area contributed by atoms with Crippen LogP contribution >= 0.6 is 11.8 Å². The van der Waals surface area contributed by atoms with Crippen molar-refractivity contribution in [2.45, 2.75) is 98.4 Å². The van der Waals surface area contributed by atoms with Crippen molar-refractivity contribution in [3.05, 3.63) is 148 Å². The molecule has 1 aliphatic carbocycles. The molecule has 0 saturated carbocycles. The Hall–Kier alpha value is -5.89. The van der Waals surface area contributed by atoms with E-state index in [0.29, 0.717) is 54.7 Å². The number of anilines is 1. The second-order valence-corrected chi connectivity index (χ2v) is 27.1. The van der Waals surface area contributed by atoms with Crippen molar-refractivity contribution in [1.82, 2.24) is 20.2 Å². The van der Waals surface area contributed by atoms with Crippen molar-refractivity contribution in [2.75, 3.05) is 29.5 Å². The smallest absolute Gasteiger partial charge is 0.294 e. The summed E-state index contributed by atoms with van der Waals surface area (Å²) in [4.78, 5) is 2.57. The zero-order chi connectivity index (χ0) is 54.6. The van der Waals surface area contributed by atoms with Crippen molar-refractivity contribution < 1.29 is 56.5 Å². The Kier molecular flexibility index (Phi) is 15.0. The number of allylic oxidation sites excluding steroid dienone is 7. The number of hydrogen-bond acceptors (Lipinski definition) is 13. The first kappa shape index (κ1) is 54.9. The molecule has 0 radical (unpaired) electrons. The van der Waals surface area contributed by atoms with Crippen molar-refractivity contribution in [2.24, 2.45) is 0 Å². The Morgan fingerprint density at radius 3 is 1.92 bits per heavy atom. The first-order valence-corrected chi connectivity index (χ1v) is 31.4. The van der Waals surface area contributed by atoms with Crippen LogP contribution in [0.4, 0.5) is 11.4 Å². The molecule has 0 fully saturated rings. The van der Waals surface area contributed by atoms with Crippen LogP contribution in [0, 0.1) is 0 Å². The Morgan fingerprint density at radius 1 is 0.671 bits per heavy atom. The van der Waals surface area contributed by atoms with Crippen LogP contribution in [0.5, 0.6) is 0 Å². The third-order valence-electron chi connectivity index (χ3n) is 14.3. The molecule has 6 aromatic rings. The summed E-state index contributed by atoms with van der Waals surface area (Å²) in [5, 5.41) is 16.2. The second kappa shape index (κ2) is 20.8. The standard InChI is InChI=1S/C53H56N6O12S5/c1-52(2)46(57(29-8-10-31-73(60,61)62)44-25-17-37-33-40(75(66,67)68)21-23-42(37)48(44)52)27-19-35-13-12-14-36(50(35)72-51-54-55-56-59(51)39-15-6-5-7-16-39)20-28-47-53(3,4)49-43-24-22-41(76(69,70)71)34-38(43)18-26-45(49)58(47)30-9-11-32-74(63,64)65/h5-7,15-28,33-34H,8-14,29-32H2,1-4H3,(H3-,60,61,62,63,64,65,66,67,68,69,70,71)/p+1. The third-order valence-corrected chi connectivity index (χ3v) is 18.8. The van der Waals surface area contributed by atoms with Gasteiger partial charge in [0.1, 0.15) is 6.54 Å². The van der Waals surface area contributed by atoms with Crippen LogP contribution in [0.1, 0.15) is 83.8 Å². The quantitative estimate of drug-likeness (QED) is 0.0354. The predicted molar refractivity (Wildman–Crippen MR) is 293 cm³/mol. The van der Waals surface area contributed by atoms with Gasteiger partial charge in [-0.1, -0.05) is 62.4 Å². The number of thioether (sulfide) groups is 1. The van der Waals surface area contributed by atoms with Crippen LogP contribution in [0.3, 0.4) is 0 Å². The lowest BCUT2D eigenvalue weighted by atomic mass is 9.78. The lowest BCUT2D eigenvalue weighted by molar-refractivity contribution is -0.438. The van der Waals surface area contributed by atoms with E-state index in [1.165, 1.54) is 36.0 Å². The molecule has 0 unspecified atom stereocenters. The Bertz CT molecular complexity index is 3960. The highest BCUT2D eigenvalue weighted by molar-refractivity contribution is 8.03. The SMILES string of the molecule is CC1(C)C(/C=C/C2=C(Sc3nnnn3-c3ccccc3)C(=C/C=C3/N(CCCCS(=O)(=O)O)c4ccc5cc(S(=O)(=O)O)ccc5c4C3(C)C)/CCC2)=[N+](CCCCS(=O)(=O)O)c2ccc3cc(S(=O)(=O)O)ccc3c21. The van der Waals surface area contributed by atoms with E-state index < -0.39 is 62.8 Å². The number of fused-ring (bicyclic) bond motifs is 6. The molecule has 1 aromatic heterocycles. The molecule has 4 N–H and O–H groups in total. The predicted octanol–water partition coefficient (Wildman–Crippen LogP) is 9.57. The van der Waals surface area contributed by atoms with Crippen molar-refractivity contribution in [3.8, 4) is 5.69 Å². The third kappa shape index (κ3) is 11.4. The molecule has 76 heavy (non-hydrogen) atoms. The molecule has 3 heterocycles. The zero-order valence-electron chi connectivity index (χ0n) is 42.0. The normalized spacial score (nSPS) is 18.0. The fourth-order valence-corrected chi connectivity index (χ4v) is 14.1. The van der Waals surface area contributed by atoms with Gasteiger partial charge in [0.2, 0.25) is 10.8 Å². The van der Waals surface area contributed by atoms with Gasteiger partial charge in [-0.2, -0.15) is 42.9 Å². The van der Waals surface area contributed by atoms with Crippen LogP contribution in [0.25, 0.3) is 27.2 Å². The molecule has 2 aliphatic heterocycles. The molecule has 23 heteroatoms. The number of nitrogens with zero attached hydrogens (tertiary/aromatic N) is 6. The lowest BCUT2D eigenvalue weighted by Crippen LogP contribution is -2.28. The zero-order valence-corrected chi connectivity index (χ0v) is 46.1. The first-order valence-electron chi connectivity index (χ1n) is 24.5. The molecular formula is C53H57N6O12S5+. The maximum Gasteiger partial charge on any atom is 0.294 e. The summed E-state index contributed by atoms with van der Waals surface area (Å²) in [6, 6.07) is 25.9. The van der Waals surface area contributed by atoms with E-state index in [1.54, 1.807) is 28.9 Å². The van der Waals surface area contributed by atoms with Gasteiger partial charge in [-0.15, -0.1) is 5.10 Å². The monoisotopic (exact) mass is 1130 g/mol. The van der Waals surface area contributed by atoms with Gasteiger partial charge in [0.15, 0.2) is 5.71 Å². The number of hydrogen-bond donors (Lipinski definition) is 4. The van der Waals surface area contributed by atoms with Crippen LogP contribution in [0.2, 0.25) is 0 Å². The topological polar surface area (TPSA) is 267 Å². The van der Waals surface area contributed by atoms with E-state index in [0.717, 1.165) is 72.8 Å².